The first-order chi connectivity index (χ1) is 14.9. The first kappa shape index (κ1) is 20.7. The minimum atomic E-state index is -0.199. The number of carbonyl (C=O) groups is 1. The number of nitrogens with zero attached hydrogens (tertiary/aromatic N) is 2. The zero-order valence-corrected chi connectivity index (χ0v) is 18.3. The fraction of sp³-hybridized carbons (Fsp3) is 0.280. The highest BCUT2D eigenvalue weighted by molar-refractivity contribution is 6.17. The van der Waals surface area contributed by atoms with Crippen molar-refractivity contribution < 1.29 is 9.53 Å². The molecule has 0 aliphatic rings. The summed E-state index contributed by atoms with van der Waals surface area (Å²) in [6.45, 7) is 5.05. The molecule has 2 aromatic heterocycles. The lowest BCUT2D eigenvalue weighted by Gasteiger charge is -2.13. The van der Waals surface area contributed by atoms with E-state index in [1.807, 2.05) is 60.1 Å². The van der Waals surface area contributed by atoms with E-state index in [2.05, 4.69) is 19.2 Å². The van der Waals surface area contributed by atoms with Gasteiger partial charge in [0.15, 0.2) is 0 Å². The molecule has 0 saturated heterocycles. The molecular formula is C25H27N3O3. The summed E-state index contributed by atoms with van der Waals surface area (Å²) < 4.78 is 8.74. The molecular weight excluding hydrogens is 390 g/mol. The van der Waals surface area contributed by atoms with Crippen LogP contribution in [0.5, 0.6) is 5.75 Å². The summed E-state index contributed by atoms with van der Waals surface area (Å²) in [6, 6.07) is 15.4. The van der Waals surface area contributed by atoms with Gasteiger partial charge < -0.3 is 19.2 Å². The van der Waals surface area contributed by atoms with Crippen molar-refractivity contribution >= 4 is 27.7 Å². The number of benzene rings is 2. The number of carbonyl (C=O) groups excluding carboxylic acids is 1. The molecule has 0 unspecified atom stereocenters. The lowest BCUT2D eigenvalue weighted by atomic mass is 10.1. The van der Waals surface area contributed by atoms with Gasteiger partial charge in [0.2, 0.25) is 0 Å². The normalized spacial score (nSPS) is 11.4. The van der Waals surface area contributed by atoms with Gasteiger partial charge in [-0.15, -0.1) is 0 Å². The van der Waals surface area contributed by atoms with E-state index in [-0.39, 0.29) is 17.4 Å². The van der Waals surface area contributed by atoms with Crippen LogP contribution in [0.3, 0.4) is 0 Å². The maximum atomic E-state index is 13.3. The fourth-order valence-electron chi connectivity index (χ4n) is 4.05. The molecule has 0 saturated carbocycles. The van der Waals surface area contributed by atoms with E-state index < -0.39 is 0 Å². The first-order valence-corrected chi connectivity index (χ1v) is 10.4. The zero-order chi connectivity index (χ0) is 22.1. The van der Waals surface area contributed by atoms with Gasteiger partial charge in [0, 0.05) is 42.6 Å². The van der Waals surface area contributed by atoms with Crippen LogP contribution in [0, 0.1) is 5.92 Å². The van der Waals surface area contributed by atoms with Gasteiger partial charge in [-0.05, 0) is 29.7 Å². The number of hydrogen-bond donors (Lipinski definition) is 1. The van der Waals surface area contributed by atoms with E-state index in [4.69, 9.17) is 4.74 Å². The van der Waals surface area contributed by atoms with Crippen molar-refractivity contribution in [1.82, 2.24) is 14.5 Å². The highest BCUT2D eigenvalue weighted by atomic mass is 16.5. The summed E-state index contributed by atoms with van der Waals surface area (Å²) in [4.78, 5) is 26.6. The average molecular weight is 418 g/mol. The molecule has 2 aromatic carbocycles. The van der Waals surface area contributed by atoms with Crippen molar-refractivity contribution in [1.29, 1.82) is 0 Å². The summed E-state index contributed by atoms with van der Waals surface area (Å²) in [6.07, 6.45) is 1.71. The second-order valence-corrected chi connectivity index (χ2v) is 8.22. The molecule has 0 atom stereocenters. The molecule has 0 radical (unpaired) electrons. The number of nitrogens with one attached hydrogen (secondary N) is 1. The molecule has 4 rings (SSSR count). The summed E-state index contributed by atoms with van der Waals surface area (Å²) in [5.74, 6) is 0.850. The molecule has 1 N–H and O–H groups in total. The minimum absolute atomic E-state index is 0.0749. The summed E-state index contributed by atoms with van der Waals surface area (Å²) in [5.41, 5.74) is 2.90. The van der Waals surface area contributed by atoms with Crippen LogP contribution in [-0.2, 0) is 20.1 Å². The number of hydrogen-bond acceptors (Lipinski definition) is 3. The van der Waals surface area contributed by atoms with Crippen molar-refractivity contribution in [3.8, 4) is 5.75 Å². The van der Waals surface area contributed by atoms with Crippen molar-refractivity contribution in [2.45, 2.75) is 26.9 Å². The molecule has 0 fully saturated rings. The molecule has 2 heterocycles. The number of fused-ring (bicyclic) bond motifs is 3. The van der Waals surface area contributed by atoms with Gasteiger partial charge in [0.25, 0.3) is 11.5 Å². The van der Waals surface area contributed by atoms with E-state index in [0.717, 1.165) is 22.2 Å². The second kappa shape index (κ2) is 8.30. The molecule has 0 spiro atoms. The van der Waals surface area contributed by atoms with Crippen molar-refractivity contribution in [3.05, 3.63) is 76.2 Å². The number of para-hydroxylation sites is 1. The Morgan fingerprint density at radius 2 is 1.81 bits per heavy atom. The van der Waals surface area contributed by atoms with Crippen LogP contribution in [-0.4, -0.2) is 22.2 Å². The van der Waals surface area contributed by atoms with Gasteiger partial charge in [-0.3, -0.25) is 9.59 Å². The maximum Gasteiger partial charge on any atom is 0.275 e. The van der Waals surface area contributed by atoms with E-state index in [9.17, 15) is 9.59 Å². The molecule has 0 aliphatic heterocycles. The van der Waals surface area contributed by atoms with Crippen molar-refractivity contribution in [3.63, 3.8) is 0 Å². The van der Waals surface area contributed by atoms with Crippen LogP contribution in [0.4, 0.5) is 0 Å². The molecule has 4 aromatic rings. The number of methoxy groups -OCH3 is 1. The minimum Gasteiger partial charge on any atom is -0.497 e. The molecule has 31 heavy (non-hydrogen) atoms. The highest BCUT2D eigenvalue weighted by Gasteiger charge is 2.21. The molecule has 0 bridgehead atoms. The SMILES string of the molecule is COc1ccc(CNC(=O)c2cn(CC(C)C)c(=O)c3c2c2ccccc2n3C)cc1. The second-order valence-electron chi connectivity index (χ2n) is 8.22. The number of pyridine rings is 1. The molecule has 0 aliphatic carbocycles. The predicted octanol–water partition coefficient (Wildman–Crippen LogP) is 4.09. The Labute approximate surface area is 181 Å². The van der Waals surface area contributed by atoms with Crippen LogP contribution < -0.4 is 15.6 Å². The van der Waals surface area contributed by atoms with Crippen LogP contribution in [0.15, 0.2) is 59.5 Å². The molecule has 6 nitrogen and oxygen atoms in total. The Kier molecular flexibility index (Phi) is 5.55. The predicted molar refractivity (Wildman–Crippen MR) is 124 cm³/mol. The third-order valence-corrected chi connectivity index (χ3v) is 5.54. The third kappa shape index (κ3) is 3.81. The number of aryl methyl sites for hydroxylation is 1. The lowest BCUT2D eigenvalue weighted by Crippen LogP contribution is -2.28. The van der Waals surface area contributed by atoms with Gasteiger partial charge in [0.1, 0.15) is 11.3 Å². The molecule has 6 heteroatoms. The van der Waals surface area contributed by atoms with Crippen LogP contribution in [0.25, 0.3) is 21.8 Å². The molecule has 160 valence electrons. The summed E-state index contributed by atoms with van der Waals surface area (Å²) >= 11 is 0. The summed E-state index contributed by atoms with van der Waals surface area (Å²) in [7, 11) is 3.50. The standard InChI is InChI=1S/C25H27N3O3/c1-16(2)14-28-15-20(24(29)26-13-17-9-11-18(31-4)12-10-17)22-19-7-5-6-8-21(19)27(3)23(22)25(28)30/h5-12,15-16H,13-14H2,1-4H3,(H,26,29). The Balaban J connectivity index is 1.81. The van der Waals surface area contributed by atoms with Gasteiger partial charge >= 0.3 is 0 Å². The average Bonchev–Trinajstić information content (AvgIpc) is 3.07. The monoisotopic (exact) mass is 417 g/mol. The van der Waals surface area contributed by atoms with Gasteiger partial charge in [0.05, 0.1) is 12.7 Å². The topological polar surface area (TPSA) is 65.3 Å². The van der Waals surface area contributed by atoms with Crippen molar-refractivity contribution in [2.24, 2.45) is 13.0 Å². The largest absolute Gasteiger partial charge is 0.497 e. The van der Waals surface area contributed by atoms with Gasteiger partial charge in [-0.2, -0.15) is 0 Å². The Hall–Kier alpha value is -3.54. The quantitative estimate of drug-likeness (QED) is 0.514. The summed E-state index contributed by atoms with van der Waals surface area (Å²) in [5, 5.41) is 4.62. The van der Waals surface area contributed by atoms with E-state index in [0.29, 0.717) is 29.6 Å². The van der Waals surface area contributed by atoms with Crippen LogP contribution in [0.1, 0.15) is 29.8 Å². The number of amides is 1. The number of ether oxygens (including phenoxy) is 1. The van der Waals surface area contributed by atoms with Crippen LogP contribution >= 0.6 is 0 Å². The first-order valence-electron chi connectivity index (χ1n) is 10.4. The van der Waals surface area contributed by atoms with Gasteiger partial charge in [-0.1, -0.05) is 44.2 Å². The molecule has 1 amide bonds. The lowest BCUT2D eigenvalue weighted by molar-refractivity contribution is 0.0951. The van der Waals surface area contributed by atoms with E-state index >= 15 is 0 Å². The smallest absolute Gasteiger partial charge is 0.275 e. The maximum absolute atomic E-state index is 13.3. The Morgan fingerprint density at radius 1 is 1.10 bits per heavy atom. The Morgan fingerprint density at radius 3 is 2.48 bits per heavy atom. The van der Waals surface area contributed by atoms with Gasteiger partial charge in [-0.25, -0.2) is 0 Å². The highest BCUT2D eigenvalue weighted by Crippen LogP contribution is 2.29. The van der Waals surface area contributed by atoms with E-state index in [1.54, 1.807) is 17.9 Å². The zero-order valence-electron chi connectivity index (χ0n) is 18.3. The third-order valence-electron chi connectivity index (χ3n) is 5.54. The number of aromatic nitrogens is 2. The van der Waals surface area contributed by atoms with Crippen molar-refractivity contribution in [2.75, 3.05) is 7.11 Å². The van der Waals surface area contributed by atoms with E-state index in [1.165, 1.54) is 0 Å². The van der Waals surface area contributed by atoms with Crippen LogP contribution in [0.2, 0.25) is 0 Å². The fourth-order valence-corrected chi connectivity index (χ4v) is 4.05. The Bertz CT molecular complexity index is 1310. The number of rotatable bonds is 6.